The van der Waals surface area contributed by atoms with Gasteiger partial charge in [-0.2, -0.15) is 0 Å². The van der Waals surface area contributed by atoms with Crippen molar-refractivity contribution >= 4 is 5.69 Å². The Morgan fingerprint density at radius 1 is 1.05 bits per heavy atom. The molecule has 0 heterocycles. The van der Waals surface area contributed by atoms with Gasteiger partial charge in [0, 0.05) is 25.8 Å². The summed E-state index contributed by atoms with van der Waals surface area (Å²) in [7, 11) is 4.09. The lowest BCUT2D eigenvalue weighted by Crippen LogP contribution is -2.15. The molecule has 2 N–H and O–H groups in total. The number of hydrogen-bond acceptors (Lipinski definition) is 2. The fourth-order valence-corrected chi connectivity index (χ4v) is 2.24. The van der Waals surface area contributed by atoms with Gasteiger partial charge < -0.3 is 10.6 Å². The van der Waals surface area contributed by atoms with E-state index in [0.717, 1.165) is 6.42 Å². The van der Waals surface area contributed by atoms with Crippen molar-refractivity contribution in [1.82, 2.24) is 0 Å². The van der Waals surface area contributed by atoms with E-state index in [1.54, 1.807) is 0 Å². The molecule has 2 nitrogen and oxygen atoms in total. The summed E-state index contributed by atoms with van der Waals surface area (Å²) in [6, 6.07) is 17.0. The zero-order chi connectivity index (χ0) is 13.8. The first kappa shape index (κ1) is 13.6. The third kappa shape index (κ3) is 3.58. The molecule has 2 heteroatoms. The van der Waals surface area contributed by atoms with Gasteiger partial charge in [0.1, 0.15) is 0 Å². The van der Waals surface area contributed by atoms with E-state index in [9.17, 15) is 0 Å². The molecule has 19 heavy (non-hydrogen) atoms. The summed E-state index contributed by atoms with van der Waals surface area (Å²) >= 11 is 0. The van der Waals surface area contributed by atoms with E-state index >= 15 is 0 Å². The molecular formula is C17H22N2. The van der Waals surface area contributed by atoms with Crippen molar-refractivity contribution in [3.05, 3.63) is 65.2 Å². The minimum Gasteiger partial charge on any atom is -0.378 e. The zero-order valence-electron chi connectivity index (χ0n) is 11.9. The Labute approximate surface area is 115 Å². The van der Waals surface area contributed by atoms with Crippen LogP contribution in [-0.2, 0) is 6.42 Å². The predicted octanol–water partition coefficient (Wildman–Crippen LogP) is 3.30. The van der Waals surface area contributed by atoms with Crippen LogP contribution in [0.5, 0.6) is 0 Å². The molecule has 0 spiro atoms. The van der Waals surface area contributed by atoms with Crippen molar-refractivity contribution in [3.8, 4) is 0 Å². The maximum Gasteiger partial charge on any atom is 0.0364 e. The molecule has 2 rings (SSSR count). The number of anilines is 1. The Kier molecular flexibility index (Phi) is 4.23. The van der Waals surface area contributed by atoms with Crippen LogP contribution in [0.1, 0.15) is 22.7 Å². The standard InChI is InChI=1S/C17H22N2/c1-13-6-4-7-14(10-13)11-17(18)15-8-5-9-16(12-15)19(2)3/h4-10,12,17H,11,18H2,1-3H3. The van der Waals surface area contributed by atoms with E-state index in [1.165, 1.54) is 22.4 Å². The predicted molar refractivity (Wildman–Crippen MR) is 82.6 cm³/mol. The smallest absolute Gasteiger partial charge is 0.0364 e. The number of rotatable bonds is 4. The van der Waals surface area contributed by atoms with E-state index in [0.29, 0.717) is 0 Å². The highest BCUT2D eigenvalue weighted by Crippen LogP contribution is 2.21. The second-order valence-electron chi connectivity index (χ2n) is 5.29. The average Bonchev–Trinajstić information content (AvgIpc) is 2.39. The molecule has 2 aromatic rings. The normalized spacial score (nSPS) is 12.2. The average molecular weight is 254 g/mol. The molecule has 1 unspecified atom stereocenters. The molecule has 0 bridgehead atoms. The Morgan fingerprint density at radius 3 is 2.47 bits per heavy atom. The highest BCUT2D eigenvalue weighted by Gasteiger charge is 2.08. The van der Waals surface area contributed by atoms with Gasteiger partial charge in [-0.3, -0.25) is 0 Å². The van der Waals surface area contributed by atoms with Crippen LogP contribution in [0.2, 0.25) is 0 Å². The number of nitrogens with zero attached hydrogens (tertiary/aromatic N) is 1. The van der Waals surface area contributed by atoms with Crippen LogP contribution in [0.15, 0.2) is 48.5 Å². The second kappa shape index (κ2) is 5.89. The van der Waals surface area contributed by atoms with Gasteiger partial charge in [-0.25, -0.2) is 0 Å². The van der Waals surface area contributed by atoms with Crippen LogP contribution >= 0.6 is 0 Å². The quantitative estimate of drug-likeness (QED) is 0.907. The Hall–Kier alpha value is -1.80. The second-order valence-corrected chi connectivity index (χ2v) is 5.29. The molecule has 100 valence electrons. The third-order valence-electron chi connectivity index (χ3n) is 3.35. The SMILES string of the molecule is Cc1cccc(CC(N)c2cccc(N(C)C)c2)c1. The molecule has 0 amide bonds. The van der Waals surface area contributed by atoms with Gasteiger partial charge >= 0.3 is 0 Å². The lowest BCUT2D eigenvalue weighted by molar-refractivity contribution is 0.721. The Morgan fingerprint density at radius 2 is 1.79 bits per heavy atom. The van der Waals surface area contributed by atoms with Crippen molar-refractivity contribution in [1.29, 1.82) is 0 Å². The van der Waals surface area contributed by atoms with E-state index in [2.05, 4.69) is 60.4 Å². The van der Waals surface area contributed by atoms with Crippen molar-refractivity contribution in [2.24, 2.45) is 5.73 Å². The largest absolute Gasteiger partial charge is 0.378 e. The van der Waals surface area contributed by atoms with Crippen molar-refractivity contribution in [2.45, 2.75) is 19.4 Å². The van der Waals surface area contributed by atoms with Gasteiger partial charge in [0.05, 0.1) is 0 Å². The maximum atomic E-state index is 6.33. The van der Waals surface area contributed by atoms with Gasteiger partial charge in [0.25, 0.3) is 0 Å². The molecule has 0 aromatic heterocycles. The lowest BCUT2D eigenvalue weighted by Gasteiger charge is -2.17. The summed E-state index contributed by atoms with van der Waals surface area (Å²) in [5.41, 5.74) is 11.3. The molecule has 0 aliphatic heterocycles. The number of nitrogens with two attached hydrogens (primary N) is 1. The topological polar surface area (TPSA) is 29.3 Å². The van der Waals surface area contributed by atoms with E-state index in [-0.39, 0.29) is 6.04 Å². The highest BCUT2D eigenvalue weighted by molar-refractivity contribution is 5.48. The monoisotopic (exact) mass is 254 g/mol. The number of hydrogen-bond donors (Lipinski definition) is 1. The van der Waals surface area contributed by atoms with Gasteiger partial charge in [0.2, 0.25) is 0 Å². The molecule has 0 fully saturated rings. The number of benzene rings is 2. The minimum absolute atomic E-state index is 0.0432. The molecular weight excluding hydrogens is 232 g/mol. The van der Waals surface area contributed by atoms with Crippen LogP contribution in [0.4, 0.5) is 5.69 Å². The van der Waals surface area contributed by atoms with Crippen LogP contribution in [0.25, 0.3) is 0 Å². The summed E-state index contributed by atoms with van der Waals surface area (Å²) in [6.45, 7) is 2.11. The first-order valence-electron chi connectivity index (χ1n) is 6.64. The van der Waals surface area contributed by atoms with Gasteiger partial charge in [0.15, 0.2) is 0 Å². The first-order valence-corrected chi connectivity index (χ1v) is 6.64. The van der Waals surface area contributed by atoms with Crippen molar-refractivity contribution < 1.29 is 0 Å². The molecule has 1 atom stereocenters. The van der Waals surface area contributed by atoms with E-state index in [1.807, 2.05) is 14.1 Å². The fraction of sp³-hybridized carbons (Fsp3) is 0.294. The Bertz CT molecular complexity index is 546. The molecule has 0 saturated heterocycles. The first-order chi connectivity index (χ1) is 9.06. The Balaban J connectivity index is 2.15. The summed E-state index contributed by atoms with van der Waals surface area (Å²) in [4.78, 5) is 2.10. The summed E-state index contributed by atoms with van der Waals surface area (Å²) in [6.07, 6.45) is 0.874. The van der Waals surface area contributed by atoms with Crippen molar-refractivity contribution in [2.75, 3.05) is 19.0 Å². The molecule has 0 aliphatic rings. The van der Waals surface area contributed by atoms with Gasteiger partial charge in [-0.1, -0.05) is 42.0 Å². The van der Waals surface area contributed by atoms with E-state index < -0.39 is 0 Å². The van der Waals surface area contributed by atoms with Crippen LogP contribution in [0, 0.1) is 6.92 Å². The van der Waals surface area contributed by atoms with Crippen LogP contribution in [-0.4, -0.2) is 14.1 Å². The minimum atomic E-state index is 0.0432. The van der Waals surface area contributed by atoms with Gasteiger partial charge in [-0.15, -0.1) is 0 Å². The maximum absolute atomic E-state index is 6.33. The van der Waals surface area contributed by atoms with Crippen LogP contribution in [0.3, 0.4) is 0 Å². The number of aryl methyl sites for hydroxylation is 1. The molecule has 0 radical (unpaired) electrons. The molecule has 0 aliphatic carbocycles. The van der Waals surface area contributed by atoms with Crippen molar-refractivity contribution in [3.63, 3.8) is 0 Å². The third-order valence-corrected chi connectivity index (χ3v) is 3.35. The summed E-state index contributed by atoms with van der Waals surface area (Å²) < 4.78 is 0. The highest BCUT2D eigenvalue weighted by atomic mass is 15.1. The fourth-order valence-electron chi connectivity index (χ4n) is 2.24. The van der Waals surface area contributed by atoms with Gasteiger partial charge in [-0.05, 0) is 36.6 Å². The molecule has 0 saturated carbocycles. The zero-order valence-corrected chi connectivity index (χ0v) is 11.9. The summed E-state index contributed by atoms with van der Waals surface area (Å²) in [5.74, 6) is 0. The molecule has 2 aromatic carbocycles. The van der Waals surface area contributed by atoms with E-state index in [4.69, 9.17) is 5.73 Å². The lowest BCUT2D eigenvalue weighted by atomic mass is 9.98. The summed E-state index contributed by atoms with van der Waals surface area (Å²) in [5, 5.41) is 0. The van der Waals surface area contributed by atoms with Crippen LogP contribution < -0.4 is 10.6 Å².